The number of furan rings is 1. The molecule has 3 nitrogen and oxygen atoms in total. The zero-order valence-corrected chi connectivity index (χ0v) is 7.53. The van der Waals surface area contributed by atoms with Crippen molar-refractivity contribution >= 4 is 26.8 Å². The first-order valence-electron chi connectivity index (χ1n) is 3.03. The molecule has 4 heteroatoms. The average molecular weight is 150 g/mol. The van der Waals surface area contributed by atoms with Gasteiger partial charge in [0.2, 0.25) is 0 Å². The molecule has 0 aliphatic heterocycles. The van der Waals surface area contributed by atoms with Gasteiger partial charge < -0.3 is 4.42 Å². The number of nitrogens with zero attached hydrogens (tertiary/aromatic N) is 2. The highest BCUT2D eigenvalue weighted by Gasteiger charge is 1.96. The lowest BCUT2D eigenvalue weighted by Crippen LogP contribution is -2.11. The lowest BCUT2D eigenvalue weighted by Gasteiger charge is -1.87. The van der Waals surface area contributed by atoms with Crippen LogP contribution < -0.4 is 5.45 Å². The van der Waals surface area contributed by atoms with Crippen LogP contribution in [0.25, 0.3) is 11.1 Å². The summed E-state index contributed by atoms with van der Waals surface area (Å²) in [5.74, 6) is 0. The Hall–Kier alpha value is -1.16. The van der Waals surface area contributed by atoms with E-state index in [1.807, 2.05) is 6.07 Å². The Labute approximate surface area is 60.5 Å². The second-order valence-corrected chi connectivity index (χ2v) is 2.98. The molecule has 2 aromatic heterocycles. The molecule has 0 saturated heterocycles. The molecular formula is C6H6N2OSi. The predicted molar refractivity (Wildman–Crippen MR) is 41.4 cm³/mol. The SMILES string of the molecule is [SiH3]c1ncc2occc2n1. The molecule has 0 N–H and O–H groups in total. The Balaban J connectivity index is 2.86. The molecule has 0 aromatic carbocycles. The molecule has 0 spiro atoms. The molecule has 0 saturated carbocycles. The van der Waals surface area contributed by atoms with Gasteiger partial charge in [0.25, 0.3) is 0 Å². The molecule has 2 rings (SSSR count). The van der Waals surface area contributed by atoms with Gasteiger partial charge in [0.1, 0.15) is 5.52 Å². The summed E-state index contributed by atoms with van der Waals surface area (Å²) in [6.45, 7) is 0. The Morgan fingerprint density at radius 1 is 1.50 bits per heavy atom. The standard InChI is InChI=1S/C6H6N2OSi/c10-6-7-3-5-4(8-6)1-2-9-5/h1-3H,10H3. The van der Waals surface area contributed by atoms with E-state index < -0.39 is 0 Å². The van der Waals surface area contributed by atoms with E-state index in [2.05, 4.69) is 9.97 Å². The first-order valence-corrected chi connectivity index (χ1v) is 4.03. The Morgan fingerprint density at radius 2 is 2.40 bits per heavy atom. The minimum absolute atomic E-state index is 0.764. The molecule has 0 aliphatic rings. The molecule has 0 unspecified atom stereocenters. The maximum Gasteiger partial charge on any atom is 0.170 e. The molecule has 0 atom stereocenters. The number of rotatable bonds is 0. The van der Waals surface area contributed by atoms with Crippen LogP contribution in [0.3, 0.4) is 0 Å². The van der Waals surface area contributed by atoms with E-state index in [-0.39, 0.29) is 0 Å². The van der Waals surface area contributed by atoms with Crippen molar-refractivity contribution in [3.63, 3.8) is 0 Å². The Morgan fingerprint density at radius 3 is 3.30 bits per heavy atom. The smallest absolute Gasteiger partial charge is 0.170 e. The van der Waals surface area contributed by atoms with Gasteiger partial charge in [-0.15, -0.1) is 0 Å². The van der Waals surface area contributed by atoms with Crippen molar-refractivity contribution in [3.8, 4) is 0 Å². The summed E-state index contributed by atoms with van der Waals surface area (Å²) in [6, 6.07) is 1.85. The van der Waals surface area contributed by atoms with Gasteiger partial charge in [0, 0.05) is 6.07 Å². The van der Waals surface area contributed by atoms with Crippen molar-refractivity contribution < 1.29 is 4.42 Å². The highest BCUT2D eigenvalue weighted by molar-refractivity contribution is 6.29. The largest absolute Gasteiger partial charge is 0.461 e. The van der Waals surface area contributed by atoms with Gasteiger partial charge in [-0.05, 0) is 0 Å². The van der Waals surface area contributed by atoms with Crippen LogP contribution in [-0.4, -0.2) is 20.2 Å². The van der Waals surface area contributed by atoms with E-state index in [0.717, 1.165) is 26.8 Å². The second-order valence-electron chi connectivity index (χ2n) is 2.09. The average Bonchev–Trinajstić information content (AvgIpc) is 2.33. The van der Waals surface area contributed by atoms with Crippen molar-refractivity contribution in [2.75, 3.05) is 0 Å². The zero-order chi connectivity index (χ0) is 6.97. The lowest BCUT2D eigenvalue weighted by atomic mass is 10.5. The summed E-state index contributed by atoms with van der Waals surface area (Å²) in [4.78, 5) is 8.23. The quantitative estimate of drug-likeness (QED) is 0.462. The van der Waals surface area contributed by atoms with Gasteiger partial charge in [-0.2, -0.15) is 0 Å². The monoisotopic (exact) mass is 150 g/mol. The predicted octanol–water partition coefficient (Wildman–Crippen LogP) is -0.787. The van der Waals surface area contributed by atoms with E-state index in [0.29, 0.717) is 0 Å². The van der Waals surface area contributed by atoms with Crippen LogP contribution >= 0.6 is 0 Å². The van der Waals surface area contributed by atoms with Crippen molar-refractivity contribution in [3.05, 3.63) is 18.5 Å². The van der Waals surface area contributed by atoms with E-state index in [9.17, 15) is 0 Å². The number of hydrogen-bond acceptors (Lipinski definition) is 3. The molecule has 0 radical (unpaired) electrons. The highest BCUT2D eigenvalue weighted by Crippen LogP contribution is 2.07. The number of fused-ring (bicyclic) bond motifs is 1. The van der Waals surface area contributed by atoms with E-state index >= 15 is 0 Å². The van der Waals surface area contributed by atoms with Crippen LogP contribution in [0.1, 0.15) is 0 Å². The lowest BCUT2D eigenvalue weighted by molar-refractivity contribution is 0.614. The fourth-order valence-corrected chi connectivity index (χ4v) is 1.23. The molecular weight excluding hydrogens is 144 g/mol. The van der Waals surface area contributed by atoms with Gasteiger partial charge in [-0.1, -0.05) is 0 Å². The van der Waals surface area contributed by atoms with Gasteiger partial charge >= 0.3 is 0 Å². The van der Waals surface area contributed by atoms with Crippen molar-refractivity contribution in [1.82, 2.24) is 9.97 Å². The van der Waals surface area contributed by atoms with Crippen molar-refractivity contribution in [2.45, 2.75) is 0 Å². The number of hydrogen-bond donors (Lipinski definition) is 0. The van der Waals surface area contributed by atoms with E-state index in [4.69, 9.17) is 4.42 Å². The summed E-state index contributed by atoms with van der Waals surface area (Å²) in [6.07, 6.45) is 3.34. The maximum absolute atomic E-state index is 5.06. The highest BCUT2D eigenvalue weighted by atomic mass is 28.1. The minimum Gasteiger partial charge on any atom is -0.461 e. The molecule has 0 amide bonds. The first kappa shape index (κ1) is 5.61. The summed E-state index contributed by atoms with van der Waals surface area (Å²) < 4.78 is 5.06. The van der Waals surface area contributed by atoms with E-state index in [1.54, 1.807) is 12.5 Å². The Bertz CT molecular complexity index is 357. The van der Waals surface area contributed by atoms with Gasteiger partial charge in [-0.3, -0.25) is 0 Å². The van der Waals surface area contributed by atoms with Crippen molar-refractivity contribution in [1.29, 1.82) is 0 Å². The summed E-state index contributed by atoms with van der Waals surface area (Å²) in [5.41, 5.74) is 2.58. The molecule has 50 valence electrons. The van der Waals surface area contributed by atoms with Crippen LogP contribution in [0.15, 0.2) is 22.9 Å². The van der Waals surface area contributed by atoms with Crippen molar-refractivity contribution in [2.24, 2.45) is 0 Å². The van der Waals surface area contributed by atoms with Gasteiger partial charge in [0.15, 0.2) is 5.58 Å². The third-order valence-corrected chi connectivity index (χ3v) is 1.81. The topological polar surface area (TPSA) is 38.9 Å². The van der Waals surface area contributed by atoms with E-state index in [1.165, 1.54) is 0 Å². The third kappa shape index (κ3) is 0.732. The van der Waals surface area contributed by atoms with Crippen LogP contribution in [0.5, 0.6) is 0 Å². The summed E-state index contributed by atoms with van der Waals surface area (Å²) >= 11 is 0. The molecule has 10 heavy (non-hydrogen) atoms. The third-order valence-electron chi connectivity index (χ3n) is 1.32. The molecule has 0 fully saturated rings. The van der Waals surface area contributed by atoms with Gasteiger partial charge in [0.05, 0.1) is 28.2 Å². The van der Waals surface area contributed by atoms with Gasteiger partial charge in [-0.25, -0.2) is 9.97 Å². The minimum atomic E-state index is 0.764. The summed E-state index contributed by atoms with van der Waals surface area (Å²) in [7, 11) is 0.891. The van der Waals surface area contributed by atoms with Crippen LogP contribution in [0.2, 0.25) is 0 Å². The normalized spacial score (nSPS) is 10.8. The van der Waals surface area contributed by atoms with Crippen LogP contribution in [0, 0.1) is 0 Å². The molecule has 0 bridgehead atoms. The first-order chi connectivity index (χ1) is 4.86. The molecule has 0 aliphatic carbocycles. The van der Waals surface area contributed by atoms with Crippen LogP contribution in [-0.2, 0) is 0 Å². The zero-order valence-electron chi connectivity index (χ0n) is 5.53. The summed E-state index contributed by atoms with van der Waals surface area (Å²) in [5, 5.41) is 0. The fourth-order valence-electron chi connectivity index (χ4n) is 0.858. The molecule has 2 aromatic rings. The Kier molecular flexibility index (Phi) is 1.07. The maximum atomic E-state index is 5.06. The fraction of sp³-hybridized carbons (Fsp3) is 0. The molecule has 2 heterocycles. The second kappa shape index (κ2) is 1.91. The number of aromatic nitrogens is 2. The van der Waals surface area contributed by atoms with Crippen LogP contribution in [0.4, 0.5) is 0 Å².